The van der Waals surface area contributed by atoms with Crippen LogP contribution in [0.25, 0.3) is 17.4 Å². The van der Waals surface area contributed by atoms with E-state index in [-0.39, 0.29) is 38.4 Å². The Labute approximate surface area is 206 Å². The van der Waals surface area contributed by atoms with E-state index in [0.29, 0.717) is 17.3 Å². The molecule has 0 bridgehead atoms. The summed E-state index contributed by atoms with van der Waals surface area (Å²) in [6.45, 7) is 1.17. The van der Waals surface area contributed by atoms with Crippen molar-refractivity contribution in [2.75, 3.05) is 11.9 Å². The Morgan fingerprint density at radius 2 is 2.00 bits per heavy atom. The highest BCUT2D eigenvalue weighted by molar-refractivity contribution is 8.18. The summed E-state index contributed by atoms with van der Waals surface area (Å²) in [5.74, 6) is -1.61. The number of halogens is 2. The van der Waals surface area contributed by atoms with Crippen LogP contribution in [-0.4, -0.2) is 33.4 Å². The Morgan fingerprint density at radius 1 is 1.23 bits per heavy atom. The zero-order chi connectivity index (χ0) is 25.3. The Bertz CT molecular complexity index is 1420. The molecule has 2 aromatic carbocycles. The van der Waals surface area contributed by atoms with Crippen molar-refractivity contribution in [1.29, 1.82) is 0 Å². The topological polar surface area (TPSA) is 123 Å². The Hall–Kier alpha value is -3.96. The van der Waals surface area contributed by atoms with E-state index >= 15 is 0 Å². The average Bonchev–Trinajstić information content (AvgIpc) is 3.36. The van der Waals surface area contributed by atoms with Crippen molar-refractivity contribution in [2.45, 2.75) is 6.92 Å². The molecule has 1 fully saturated rings. The molecule has 3 amide bonds. The molecule has 0 radical (unpaired) electrons. The van der Waals surface area contributed by atoms with Crippen molar-refractivity contribution in [3.05, 3.63) is 85.7 Å². The fourth-order valence-electron chi connectivity index (χ4n) is 3.26. The third-order valence-corrected chi connectivity index (χ3v) is 6.09. The van der Waals surface area contributed by atoms with Crippen LogP contribution in [0.15, 0.2) is 57.9 Å². The first-order valence-corrected chi connectivity index (χ1v) is 11.2. The van der Waals surface area contributed by atoms with Gasteiger partial charge in [0.25, 0.3) is 16.8 Å². The van der Waals surface area contributed by atoms with Crippen molar-refractivity contribution in [1.82, 2.24) is 4.90 Å². The predicted molar refractivity (Wildman–Crippen MR) is 128 cm³/mol. The van der Waals surface area contributed by atoms with Gasteiger partial charge in [-0.2, -0.15) is 0 Å². The summed E-state index contributed by atoms with van der Waals surface area (Å²) in [6.07, 6.45) is 1.33. The van der Waals surface area contributed by atoms with E-state index in [4.69, 9.17) is 16.0 Å². The summed E-state index contributed by atoms with van der Waals surface area (Å²) in [4.78, 5) is 49.0. The van der Waals surface area contributed by atoms with Crippen LogP contribution in [0.3, 0.4) is 0 Å². The molecule has 0 spiro atoms. The van der Waals surface area contributed by atoms with E-state index in [1.165, 1.54) is 36.4 Å². The third-order valence-electron chi connectivity index (χ3n) is 4.89. The molecular formula is C23H15ClFN3O6S. The Kier molecular flexibility index (Phi) is 6.72. The number of carbonyl (C=O) groups excluding carboxylic acids is 3. The molecule has 4 rings (SSSR count). The summed E-state index contributed by atoms with van der Waals surface area (Å²) < 4.78 is 18.9. The molecule has 12 heteroatoms. The fraction of sp³-hybridized carbons (Fsp3) is 0.0870. The van der Waals surface area contributed by atoms with Gasteiger partial charge in [0.15, 0.2) is 0 Å². The van der Waals surface area contributed by atoms with Gasteiger partial charge in [-0.1, -0.05) is 17.7 Å². The molecule has 35 heavy (non-hydrogen) atoms. The number of imide groups is 1. The molecule has 178 valence electrons. The standard InChI is InChI=1S/C23H15ClFN3O6S/c1-12-2-5-15(18(8-12)28(32)33)19-7-4-14(34-19)10-20-22(30)27(23(31)35-20)11-21(29)26-13-3-6-17(25)16(24)9-13/h2-10H,11H2,1H3,(H,26,29)/b20-10+. The number of nitro groups is 1. The van der Waals surface area contributed by atoms with Crippen LogP contribution >= 0.6 is 23.4 Å². The van der Waals surface area contributed by atoms with Crippen molar-refractivity contribution in [2.24, 2.45) is 0 Å². The summed E-state index contributed by atoms with van der Waals surface area (Å²) in [6, 6.07) is 11.3. The first kappa shape index (κ1) is 24.2. The van der Waals surface area contributed by atoms with Gasteiger partial charge in [-0.3, -0.25) is 29.4 Å². The molecule has 1 saturated heterocycles. The molecule has 1 aliphatic heterocycles. The maximum Gasteiger partial charge on any atom is 0.294 e. The molecule has 1 N–H and O–H groups in total. The van der Waals surface area contributed by atoms with Gasteiger partial charge in [0, 0.05) is 17.8 Å². The number of thioether (sulfide) groups is 1. The summed E-state index contributed by atoms with van der Waals surface area (Å²) >= 11 is 6.31. The summed E-state index contributed by atoms with van der Waals surface area (Å²) in [5, 5.41) is 13.0. The van der Waals surface area contributed by atoms with E-state index in [1.807, 2.05) is 0 Å². The van der Waals surface area contributed by atoms with Gasteiger partial charge >= 0.3 is 0 Å². The number of anilines is 1. The number of rotatable bonds is 6. The average molecular weight is 516 g/mol. The second kappa shape index (κ2) is 9.72. The molecule has 0 unspecified atom stereocenters. The number of carbonyl (C=O) groups is 3. The first-order valence-electron chi connectivity index (χ1n) is 9.98. The van der Waals surface area contributed by atoms with Crippen LogP contribution in [0.5, 0.6) is 0 Å². The van der Waals surface area contributed by atoms with Gasteiger partial charge in [-0.05, 0) is 60.6 Å². The number of hydrogen-bond donors (Lipinski definition) is 1. The minimum Gasteiger partial charge on any atom is -0.456 e. The minimum atomic E-state index is -0.702. The first-order chi connectivity index (χ1) is 16.6. The lowest BCUT2D eigenvalue weighted by Crippen LogP contribution is -2.36. The van der Waals surface area contributed by atoms with Crippen LogP contribution in [0.1, 0.15) is 11.3 Å². The van der Waals surface area contributed by atoms with Crippen LogP contribution in [-0.2, 0) is 9.59 Å². The zero-order valence-corrected chi connectivity index (χ0v) is 19.5. The number of furan rings is 1. The molecule has 9 nitrogen and oxygen atoms in total. The van der Waals surface area contributed by atoms with Gasteiger partial charge in [0.05, 0.1) is 20.4 Å². The van der Waals surface area contributed by atoms with Gasteiger partial charge in [0.1, 0.15) is 23.9 Å². The number of nitro benzene ring substituents is 1. The molecule has 0 saturated carbocycles. The smallest absolute Gasteiger partial charge is 0.294 e. The van der Waals surface area contributed by atoms with Gasteiger partial charge in [-0.25, -0.2) is 4.39 Å². The van der Waals surface area contributed by atoms with E-state index in [0.717, 1.165) is 11.0 Å². The molecular weight excluding hydrogens is 501 g/mol. The van der Waals surface area contributed by atoms with Crippen LogP contribution in [0.4, 0.5) is 20.6 Å². The highest BCUT2D eigenvalue weighted by atomic mass is 35.5. The van der Waals surface area contributed by atoms with Crippen molar-refractivity contribution in [3.63, 3.8) is 0 Å². The monoisotopic (exact) mass is 515 g/mol. The maximum atomic E-state index is 13.3. The van der Waals surface area contributed by atoms with Crippen molar-refractivity contribution >= 4 is 57.9 Å². The molecule has 0 atom stereocenters. The maximum absolute atomic E-state index is 13.3. The van der Waals surface area contributed by atoms with Crippen molar-refractivity contribution < 1.29 is 28.1 Å². The molecule has 0 aliphatic carbocycles. The highest BCUT2D eigenvalue weighted by Crippen LogP contribution is 2.35. The van der Waals surface area contributed by atoms with Crippen molar-refractivity contribution in [3.8, 4) is 11.3 Å². The lowest BCUT2D eigenvalue weighted by Gasteiger charge is -2.12. The third kappa shape index (κ3) is 5.26. The van der Waals surface area contributed by atoms with E-state index in [9.17, 15) is 28.9 Å². The number of nitrogens with zero attached hydrogens (tertiary/aromatic N) is 2. The van der Waals surface area contributed by atoms with Gasteiger partial charge in [-0.15, -0.1) is 0 Å². The molecule has 1 aliphatic rings. The molecule has 3 aromatic rings. The van der Waals surface area contributed by atoms with E-state index in [1.54, 1.807) is 19.1 Å². The zero-order valence-electron chi connectivity index (χ0n) is 17.9. The van der Waals surface area contributed by atoms with Gasteiger partial charge in [0.2, 0.25) is 5.91 Å². The molecule has 1 aromatic heterocycles. The Balaban J connectivity index is 1.49. The number of hydrogen-bond acceptors (Lipinski definition) is 7. The summed E-state index contributed by atoms with van der Waals surface area (Å²) in [7, 11) is 0. The second-order valence-corrected chi connectivity index (χ2v) is 8.83. The number of benzene rings is 2. The van der Waals surface area contributed by atoms with Gasteiger partial charge < -0.3 is 9.73 Å². The van der Waals surface area contributed by atoms with Crippen LogP contribution < -0.4 is 5.32 Å². The van der Waals surface area contributed by atoms with Crippen LogP contribution in [0.2, 0.25) is 5.02 Å². The quantitative estimate of drug-likeness (QED) is 0.256. The van der Waals surface area contributed by atoms with Crippen LogP contribution in [0, 0.1) is 22.9 Å². The predicted octanol–water partition coefficient (Wildman–Crippen LogP) is 5.63. The lowest BCUT2D eigenvalue weighted by molar-refractivity contribution is -0.384. The SMILES string of the molecule is Cc1ccc(-c2ccc(/C=C3/SC(=O)N(CC(=O)Nc4ccc(F)c(Cl)c4)C3=O)o2)c([N+](=O)[O-])c1. The van der Waals surface area contributed by atoms with E-state index < -0.39 is 34.3 Å². The fourth-order valence-corrected chi connectivity index (χ4v) is 4.26. The minimum absolute atomic E-state index is 0.0203. The lowest BCUT2D eigenvalue weighted by atomic mass is 10.1. The Morgan fingerprint density at radius 3 is 2.71 bits per heavy atom. The summed E-state index contributed by atoms with van der Waals surface area (Å²) in [5.41, 5.74) is 1.07. The molecule has 2 heterocycles. The largest absolute Gasteiger partial charge is 0.456 e. The normalized spacial score (nSPS) is 14.6. The second-order valence-electron chi connectivity index (χ2n) is 7.42. The number of nitrogens with one attached hydrogen (secondary N) is 1. The highest BCUT2D eigenvalue weighted by Gasteiger charge is 2.36. The number of aryl methyl sites for hydroxylation is 1. The number of amides is 3. The van der Waals surface area contributed by atoms with E-state index in [2.05, 4.69) is 5.32 Å².